The third-order valence-electron chi connectivity index (χ3n) is 3.72. The van der Waals surface area contributed by atoms with Gasteiger partial charge in [-0.25, -0.2) is 0 Å². The van der Waals surface area contributed by atoms with E-state index in [0.29, 0.717) is 0 Å². The van der Waals surface area contributed by atoms with Crippen LogP contribution in [0, 0.1) is 11.8 Å². The van der Waals surface area contributed by atoms with Gasteiger partial charge in [-0.2, -0.15) is 0 Å². The van der Waals surface area contributed by atoms with Crippen LogP contribution in [0.4, 0.5) is 0 Å². The first-order valence-corrected chi connectivity index (χ1v) is 8.36. The molecule has 0 aliphatic carbocycles. The van der Waals surface area contributed by atoms with Crippen LogP contribution in [-0.4, -0.2) is 24.5 Å². The van der Waals surface area contributed by atoms with Crippen molar-refractivity contribution in [2.24, 2.45) is 11.8 Å². The lowest BCUT2D eigenvalue weighted by Gasteiger charge is -2.28. The van der Waals surface area contributed by atoms with Gasteiger partial charge in [-0.3, -0.25) is 0 Å². The molecule has 1 nitrogen and oxygen atoms in total. The number of hydrogen-bond donors (Lipinski definition) is 0. The SMILES string of the molecule is CCCCCCC(CC)CN(CCC)CC(C)C. The number of hydrogen-bond acceptors (Lipinski definition) is 1. The highest BCUT2D eigenvalue weighted by Gasteiger charge is 2.13. The summed E-state index contributed by atoms with van der Waals surface area (Å²) in [7, 11) is 0. The van der Waals surface area contributed by atoms with Gasteiger partial charge in [0.25, 0.3) is 0 Å². The molecule has 0 aromatic rings. The van der Waals surface area contributed by atoms with Crippen LogP contribution in [-0.2, 0) is 0 Å². The van der Waals surface area contributed by atoms with Crippen molar-refractivity contribution in [2.75, 3.05) is 19.6 Å². The van der Waals surface area contributed by atoms with Gasteiger partial charge in [0, 0.05) is 13.1 Å². The summed E-state index contributed by atoms with van der Waals surface area (Å²) in [5, 5.41) is 0. The van der Waals surface area contributed by atoms with Gasteiger partial charge in [-0.05, 0) is 31.2 Å². The van der Waals surface area contributed by atoms with Crippen molar-refractivity contribution in [3.63, 3.8) is 0 Å². The molecule has 0 rings (SSSR count). The van der Waals surface area contributed by atoms with Crippen LogP contribution >= 0.6 is 0 Å². The van der Waals surface area contributed by atoms with Crippen LogP contribution in [0.5, 0.6) is 0 Å². The van der Waals surface area contributed by atoms with E-state index in [1.807, 2.05) is 0 Å². The van der Waals surface area contributed by atoms with Crippen LogP contribution < -0.4 is 0 Å². The first-order valence-electron chi connectivity index (χ1n) is 8.36. The van der Waals surface area contributed by atoms with Crippen LogP contribution in [0.2, 0.25) is 0 Å². The van der Waals surface area contributed by atoms with Gasteiger partial charge in [0.05, 0.1) is 0 Å². The average Bonchev–Trinajstić information content (AvgIpc) is 2.32. The molecule has 0 aliphatic rings. The summed E-state index contributed by atoms with van der Waals surface area (Å²) >= 11 is 0. The molecule has 0 heterocycles. The number of rotatable bonds is 12. The molecule has 1 atom stereocenters. The van der Waals surface area contributed by atoms with Crippen LogP contribution in [0.1, 0.15) is 79.6 Å². The molecule has 0 aromatic heterocycles. The third kappa shape index (κ3) is 9.94. The first-order chi connectivity index (χ1) is 8.63. The van der Waals surface area contributed by atoms with E-state index in [9.17, 15) is 0 Å². The van der Waals surface area contributed by atoms with Gasteiger partial charge >= 0.3 is 0 Å². The molecule has 0 radical (unpaired) electrons. The van der Waals surface area contributed by atoms with E-state index >= 15 is 0 Å². The molecule has 0 saturated heterocycles. The Morgan fingerprint density at radius 3 is 2.06 bits per heavy atom. The highest BCUT2D eigenvalue weighted by Crippen LogP contribution is 2.16. The summed E-state index contributed by atoms with van der Waals surface area (Å²) < 4.78 is 0. The Morgan fingerprint density at radius 1 is 0.833 bits per heavy atom. The second-order valence-electron chi connectivity index (χ2n) is 6.28. The summed E-state index contributed by atoms with van der Waals surface area (Å²) in [6.45, 7) is 15.5. The second-order valence-corrected chi connectivity index (χ2v) is 6.28. The largest absolute Gasteiger partial charge is 0.303 e. The topological polar surface area (TPSA) is 3.24 Å². The van der Waals surface area contributed by atoms with Gasteiger partial charge < -0.3 is 4.90 Å². The first kappa shape index (κ1) is 18.0. The monoisotopic (exact) mass is 255 g/mol. The molecular formula is C17H37N. The van der Waals surface area contributed by atoms with Crippen molar-refractivity contribution in [3.05, 3.63) is 0 Å². The lowest BCUT2D eigenvalue weighted by molar-refractivity contribution is 0.198. The van der Waals surface area contributed by atoms with Crippen LogP contribution in [0.3, 0.4) is 0 Å². The van der Waals surface area contributed by atoms with Gasteiger partial charge in [0.15, 0.2) is 0 Å². The molecule has 110 valence electrons. The number of nitrogens with zero attached hydrogens (tertiary/aromatic N) is 1. The van der Waals surface area contributed by atoms with Crippen LogP contribution in [0.25, 0.3) is 0 Å². The third-order valence-corrected chi connectivity index (χ3v) is 3.72. The minimum atomic E-state index is 0.800. The maximum atomic E-state index is 2.69. The molecule has 0 spiro atoms. The molecule has 0 N–H and O–H groups in total. The minimum Gasteiger partial charge on any atom is -0.303 e. The number of unbranched alkanes of at least 4 members (excludes halogenated alkanes) is 3. The van der Waals surface area contributed by atoms with E-state index in [0.717, 1.165) is 11.8 Å². The fraction of sp³-hybridized carbons (Fsp3) is 1.00. The molecule has 0 amide bonds. The van der Waals surface area contributed by atoms with E-state index in [1.165, 1.54) is 64.6 Å². The Morgan fingerprint density at radius 2 is 1.56 bits per heavy atom. The highest BCUT2D eigenvalue weighted by molar-refractivity contribution is 4.67. The Bertz CT molecular complexity index is 165. The molecular weight excluding hydrogens is 218 g/mol. The van der Waals surface area contributed by atoms with Crippen molar-refractivity contribution in [3.8, 4) is 0 Å². The zero-order chi connectivity index (χ0) is 13.8. The Labute approximate surface area is 116 Å². The lowest BCUT2D eigenvalue weighted by Crippen LogP contribution is -2.33. The van der Waals surface area contributed by atoms with Crippen molar-refractivity contribution in [1.29, 1.82) is 0 Å². The molecule has 1 unspecified atom stereocenters. The fourth-order valence-electron chi connectivity index (χ4n) is 2.74. The lowest BCUT2D eigenvalue weighted by atomic mass is 9.97. The van der Waals surface area contributed by atoms with Crippen molar-refractivity contribution < 1.29 is 0 Å². The van der Waals surface area contributed by atoms with Crippen LogP contribution in [0.15, 0.2) is 0 Å². The summed E-state index contributed by atoms with van der Waals surface area (Å²) in [5.74, 6) is 1.72. The Hall–Kier alpha value is -0.0400. The van der Waals surface area contributed by atoms with Gasteiger partial charge in [0.2, 0.25) is 0 Å². The molecule has 0 aliphatic heterocycles. The molecule has 0 aromatic carbocycles. The molecule has 0 saturated carbocycles. The summed E-state index contributed by atoms with van der Waals surface area (Å²) in [4.78, 5) is 2.69. The minimum absolute atomic E-state index is 0.800. The zero-order valence-electron chi connectivity index (χ0n) is 13.7. The van der Waals surface area contributed by atoms with E-state index in [1.54, 1.807) is 0 Å². The van der Waals surface area contributed by atoms with E-state index in [-0.39, 0.29) is 0 Å². The predicted molar refractivity (Wildman–Crippen MR) is 84.1 cm³/mol. The normalized spacial score (nSPS) is 13.5. The molecule has 18 heavy (non-hydrogen) atoms. The van der Waals surface area contributed by atoms with Gasteiger partial charge in [-0.15, -0.1) is 0 Å². The maximum Gasteiger partial charge on any atom is 0.000966 e. The Balaban J connectivity index is 3.95. The average molecular weight is 255 g/mol. The summed E-state index contributed by atoms with van der Waals surface area (Å²) in [6, 6.07) is 0. The smallest absolute Gasteiger partial charge is 0.000966 e. The zero-order valence-corrected chi connectivity index (χ0v) is 13.7. The van der Waals surface area contributed by atoms with E-state index in [2.05, 4.69) is 39.5 Å². The predicted octanol–water partition coefficient (Wildman–Crippen LogP) is 5.35. The van der Waals surface area contributed by atoms with Gasteiger partial charge in [-0.1, -0.05) is 66.7 Å². The molecule has 1 heteroatoms. The van der Waals surface area contributed by atoms with Crippen molar-refractivity contribution in [1.82, 2.24) is 4.90 Å². The molecule has 0 bridgehead atoms. The Kier molecular flexibility index (Phi) is 12.0. The summed E-state index contributed by atoms with van der Waals surface area (Å²) in [5.41, 5.74) is 0. The molecule has 0 fully saturated rings. The second kappa shape index (κ2) is 12.0. The quantitative estimate of drug-likeness (QED) is 0.425. The standard InChI is InChI=1S/C17H37N/c1-6-9-10-11-12-17(8-3)15-18(13-7-2)14-16(4)5/h16-17H,6-15H2,1-5H3. The summed E-state index contributed by atoms with van der Waals surface area (Å²) in [6.07, 6.45) is 9.73. The maximum absolute atomic E-state index is 2.69. The highest BCUT2D eigenvalue weighted by atomic mass is 15.1. The van der Waals surface area contributed by atoms with Crippen molar-refractivity contribution in [2.45, 2.75) is 79.6 Å². The fourth-order valence-corrected chi connectivity index (χ4v) is 2.74. The van der Waals surface area contributed by atoms with E-state index in [4.69, 9.17) is 0 Å². The van der Waals surface area contributed by atoms with Crippen molar-refractivity contribution >= 4 is 0 Å². The van der Waals surface area contributed by atoms with Gasteiger partial charge in [0.1, 0.15) is 0 Å². The van der Waals surface area contributed by atoms with E-state index < -0.39 is 0 Å².